The van der Waals surface area contributed by atoms with Crippen molar-refractivity contribution in [3.8, 4) is 0 Å². The van der Waals surface area contributed by atoms with Crippen molar-refractivity contribution in [2.45, 2.75) is 193 Å². The molecule has 14 heteroatoms. The molecule has 0 heterocycles. The van der Waals surface area contributed by atoms with E-state index in [1.165, 1.54) is 57.8 Å². The summed E-state index contributed by atoms with van der Waals surface area (Å²) in [4.78, 5) is 38.0. The van der Waals surface area contributed by atoms with E-state index in [9.17, 15) is 24.1 Å². The Morgan fingerprint density at radius 2 is 0.914 bits per heavy atom. The summed E-state index contributed by atoms with van der Waals surface area (Å²) in [5.41, 5.74) is 2.57. The Morgan fingerprint density at radius 3 is 1.41 bits per heavy atom. The monoisotopic (exact) mass is 996 g/mol. The van der Waals surface area contributed by atoms with Gasteiger partial charge in [-0.3, -0.25) is 23.2 Å². The highest BCUT2D eigenvalue weighted by atomic mass is 31.2. The molecule has 0 radical (unpaired) electrons. The van der Waals surface area contributed by atoms with E-state index < -0.39 is 51.3 Å². The number of esters is 2. The minimum Gasteiger partial charge on any atom is -0.462 e. The number of hydrogen-bond acceptors (Lipinski definition) is 12. The van der Waals surface area contributed by atoms with Crippen LogP contribution in [-0.4, -0.2) is 68.3 Å². The highest BCUT2D eigenvalue weighted by molar-refractivity contribution is 7.48. The zero-order chi connectivity index (χ0) is 50.0. The van der Waals surface area contributed by atoms with Gasteiger partial charge in [0.1, 0.15) is 19.3 Å². The molecule has 3 aromatic carbocycles. The van der Waals surface area contributed by atoms with E-state index in [1.54, 1.807) is 0 Å². The number of nitrogens with one attached hydrogen (secondary N) is 1. The molecule has 0 aliphatic carbocycles. The van der Waals surface area contributed by atoms with Crippen LogP contribution in [0.1, 0.15) is 178 Å². The van der Waals surface area contributed by atoms with Crippen LogP contribution < -0.4 is 5.32 Å². The Kier molecular flexibility index (Phi) is 34.8. The van der Waals surface area contributed by atoms with Crippen LogP contribution in [0.3, 0.4) is 0 Å². The van der Waals surface area contributed by atoms with Crippen molar-refractivity contribution < 1.29 is 56.6 Å². The van der Waals surface area contributed by atoms with Gasteiger partial charge in [-0.25, -0.2) is 9.36 Å². The second kappa shape index (κ2) is 40.5. The summed E-state index contributed by atoms with van der Waals surface area (Å²) >= 11 is 0. The van der Waals surface area contributed by atoms with Crippen LogP contribution in [0, 0.1) is 0 Å². The normalized spacial score (nSPS) is 13.0. The molecule has 2 N–H and O–H groups in total. The number of phosphoric acid groups is 1. The molecule has 13 nitrogen and oxygen atoms in total. The Bertz CT molecular complexity index is 1790. The maximum Gasteiger partial charge on any atom is 0.475 e. The summed E-state index contributed by atoms with van der Waals surface area (Å²) in [7, 11) is -4.34. The van der Waals surface area contributed by atoms with Crippen LogP contribution in [0.4, 0.5) is 4.79 Å². The first-order chi connectivity index (χ1) is 34.3. The van der Waals surface area contributed by atoms with Gasteiger partial charge in [0.05, 0.1) is 33.0 Å². The van der Waals surface area contributed by atoms with Crippen molar-refractivity contribution in [1.82, 2.24) is 5.32 Å². The van der Waals surface area contributed by atoms with Gasteiger partial charge < -0.3 is 29.4 Å². The lowest BCUT2D eigenvalue weighted by Gasteiger charge is -2.24. The van der Waals surface area contributed by atoms with Crippen LogP contribution in [0.2, 0.25) is 0 Å². The van der Waals surface area contributed by atoms with Crippen molar-refractivity contribution in [3.05, 3.63) is 108 Å². The Hall–Kier alpha value is -4.10. The molecule has 3 aromatic rings. The van der Waals surface area contributed by atoms with Crippen LogP contribution >= 0.6 is 7.82 Å². The molecule has 392 valence electrons. The van der Waals surface area contributed by atoms with Crippen molar-refractivity contribution in [1.29, 1.82) is 0 Å². The SMILES string of the molecule is CCCCCCCCCCCCCCCC(=O)O[C@H](COC(=O)CCCCCCCCCCCNC(=O)OCc1ccccc1)COP(=O)(OCc1ccccc1)OC[C@H](CO)OCc1ccccc1. The van der Waals surface area contributed by atoms with Crippen molar-refractivity contribution in [3.63, 3.8) is 0 Å². The van der Waals surface area contributed by atoms with E-state index in [4.69, 9.17) is 32.5 Å². The highest BCUT2D eigenvalue weighted by Gasteiger charge is 2.31. The minimum atomic E-state index is -4.34. The summed E-state index contributed by atoms with van der Waals surface area (Å²) in [6, 6.07) is 28.2. The zero-order valence-electron chi connectivity index (χ0n) is 42.3. The first-order valence-electron chi connectivity index (χ1n) is 26.4. The first kappa shape index (κ1) is 60.2. The highest BCUT2D eigenvalue weighted by Crippen LogP contribution is 2.50. The Balaban J connectivity index is 1.41. The van der Waals surface area contributed by atoms with Gasteiger partial charge in [0.25, 0.3) is 0 Å². The third kappa shape index (κ3) is 32.0. The van der Waals surface area contributed by atoms with Gasteiger partial charge in [0.2, 0.25) is 0 Å². The number of unbranched alkanes of at least 4 members (excludes halogenated alkanes) is 20. The van der Waals surface area contributed by atoms with E-state index in [0.29, 0.717) is 19.4 Å². The summed E-state index contributed by atoms with van der Waals surface area (Å²) in [5, 5.41) is 12.9. The quantitative estimate of drug-likeness (QED) is 0.0239. The number of aliphatic hydroxyl groups excluding tert-OH is 1. The predicted octanol–water partition coefficient (Wildman–Crippen LogP) is 13.7. The summed E-state index contributed by atoms with van der Waals surface area (Å²) < 4.78 is 53.9. The van der Waals surface area contributed by atoms with E-state index >= 15 is 0 Å². The Labute approximate surface area is 420 Å². The molecule has 0 aromatic heterocycles. The lowest BCUT2D eigenvalue weighted by atomic mass is 10.0. The van der Waals surface area contributed by atoms with Gasteiger partial charge in [-0.05, 0) is 36.0 Å². The van der Waals surface area contributed by atoms with Gasteiger partial charge in [-0.2, -0.15) is 0 Å². The number of alkyl carbamates (subject to hydrolysis) is 1. The Morgan fingerprint density at radius 1 is 0.486 bits per heavy atom. The largest absolute Gasteiger partial charge is 0.475 e. The molecule has 1 amide bonds. The molecule has 3 rings (SSSR count). The lowest BCUT2D eigenvalue weighted by molar-refractivity contribution is -0.161. The number of phosphoric ester groups is 1. The number of rotatable bonds is 44. The van der Waals surface area contributed by atoms with Gasteiger partial charge in [-0.15, -0.1) is 0 Å². The van der Waals surface area contributed by atoms with Gasteiger partial charge in [0.15, 0.2) is 6.10 Å². The fourth-order valence-electron chi connectivity index (χ4n) is 7.63. The molecule has 3 atom stereocenters. The summed E-state index contributed by atoms with van der Waals surface area (Å²) in [6.07, 6.45) is 22.4. The third-order valence-corrected chi connectivity index (χ3v) is 13.2. The predicted molar refractivity (Wildman–Crippen MR) is 275 cm³/mol. The number of carbonyl (C=O) groups is 3. The molecule has 0 fully saturated rings. The van der Waals surface area contributed by atoms with E-state index in [-0.39, 0.29) is 45.9 Å². The van der Waals surface area contributed by atoms with Crippen molar-refractivity contribution >= 4 is 25.9 Å². The second-order valence-corrected chi connectivity index (χ2v) is 19.8. The number of ether oxygens (including phenoxy) is 4. The number of amides is 1. The summed E-state index contributed by atoms with van der Waals surface area (Å²) in [5.74, 6) is -0.879. The molecular weight excluding hydrogens is 910 g/mol. The number of hydrogen-bond donors (Lipinski definition) is 2. The second-order valence-electron chi connectivity index (χ2n) is 18.1. The molecule has 0 saturated heterocycles. The van der Waals surface area contributed by atoms with E-state index in [2.05, 4.69) is 12.2 Å². The molecular formula is C56H86NO12P. The molecule has 0 aliphatic heterocycles. The molecule has 0 bridgehead atoms. The molecule has 70 heavy (non-hydrogen) atoms. The number of aliphatic hydroxyl groups is 1. The summed E-state index contributed by atoms with van der Waals surface area (Å²) in [6.45, 7) is 1.78. The topological polar surface area (TPSA) is 165 Å². The van der Waals surface area contributed by atoms with Crippen LogP contribution in [0.5, 0.6) is 0 Å². The fourth-order valence-corrected chi connectivity index (χ4v) is 8.86. The van der Waals surface area contributed by atoms with Gasteiger partial charge in [-0.1, -0.05) is 220 Å². The van der Waals surface area contributed by atoms with Crippen LogP contribution in [0.25, 0.3) is 0 Å². The number of benzene rings is 3. The van der Waals surface area contributed by atoms with Gasteiger partial charge in [0, 0.05) is 19.4 Å². The van der Waals surface area contributed by atoms with E-state index in [0.717, 1.165) is 87.3 Å². The molecule has 0 spiro atoms. The van der Waals surface area contributed by atoms with Gasteiger partial charge >= 0.3 is 25.9 Å². The first-order valence-corrected chi connectivity index (χ1v) is 27.9. The molecule has 0 saturated carbocycles. The molecule has 1 unspecified atom stereocenters. The fraction of sp³-hybridized carbons (Fsp3) is 0.625. The van der Waals surface area contributed by atoms with Crippen LogP contribution in [0.15, 0.2) is 91.0 Å². The zero-order valence-corrected chi connectivity index (χ0v) is 43.2. The lowest BCUT2D eigenvalue weighted by Crippen LogP contribution is -2.30. The minimum absolute atomic E-state index is 0.0987. The average Bonchev–Trinajstić information content (AvgIpc) is 3.38. The maximum atomic E-state index is 14.2. The van der Waals surface area contributed by atoms with Crippen LogP contribution in [-0.2, 0) is 66.5 Å². The van der Waals surface area contributed by atoms with E-state index in [1.807, 2.05) is 91.0 Å². The smallest absolute Gasteiger partial charge is 0.462 e. The maximum absolute atomic E-state index is 14.2. The average molecular weight is 996 g/mol. The van der Waals surface area contributed by atoms with Crippen molar-refractivity contribution in [2.75, 3.05) is 33.0 Å². The standard InChI is InChI=1S/C56H86NO12P/c1-2-3-4-5-6-7-8-9-10-12-16-19-31-40-55(60)69-53(46-64-54(59)39-30-18-15-13-11-14-17-20-32-41-57-56(61)65-44-50-35-26-22-27-36-50)48-68-70(62,66-45-51-37-28-23-29-38-51)67-47-52(42-58)63-43-49-33-24-21-25-34-49/h21-29,33-38,52-53,58H,2-20,30-32,39-48H2,1H3,(H,57,61)/t52-,53+,70?/m0/s1. The van der Waals surface area contributed by atoms with Crippen molar-refractivity contribution in [2.24, 2.45) is 0 Å². The molecule has 0 aliphatic rings. The number of carbonyl (C=O) groups excluding carboxylic acids is 3. The third-order valence-electron chi connectivity index (χ3n) is 11.9.